The zero-order valence-electron chi connectivity index (χ0n) is 13.1. The predicted molar refractivity (Wildman–Crippen MR) is 92.4 cm³/mol. The maximum absolute atomic E-state index is 12.3. The molecule has 0 aliphatic carbocycles. The molecular weight excluding hydrogens is 296 g/mol. The van der Waals surface area contributed by atoms with Crippen molar-refractivity contribution >= 4 is 33.0 Å². The topological polar surface area (TPSA) is 41.6 Å². The highest BCUT2D eigenvalue weighted by Crippen LogP contribution is 2.40. The van der Waals surface area contributed by atoms with E-state index in [0.717, 1.165) is 52.3 Å². The Morgan fingerprint density at radius 1 is 1.36 bits per heavy atom. The molecule has 2 heterocycles. The van der Waals surface area contributed by atoms with Crippen molar-refractivity contribution in [3.63, 3.8) is 0 Å². The second kappa shape index (κ2) is 6.57. The van der Waals surface area contributed by atoms with Crippen LogP contribution in [0, 0.1) is 0 Å². The first-order valence-corrected chi connectivity index (χ1v) is 8.78. The molecule has 0 radical (unpaired) electrons. The molecule has 2 aromatic rings. The van der Waals surface area contributed by atoms with Gasteiger partial charge in [-0.3, -0.25) is 4.79 Å². The van der Waals surface area contributed by atoms with Gasteiger partial charge in [0, 0.05) is 29.7 Å². The number of nitrogens with zero attached hydrogens (tertiary/aromatic N) is 1. The molecular formula is C17H22N2O2S. The molecule has 22 heavy (non-hydrogen) atoms. The maximum atomic E-state index is 12.3. The van der Waals surface area contributed by atoms with Gasteiger partial charge in [-0.15, -0.1) is 11.3 Å². The number of hydrogen-bond donors (Lipinski definition) is 1. The summed E-state index contributed by atoms with van der Waals surface area (Å²) in [5.41, 5.74) is 1.09. The molecule has 0 fully saturated rings. The summed E-state index contributed by atoms with van der Waals surface area (Å²) in [6, 6.07) is 6.12. The number of unbranched alkanes of at least 4 members (excludes halogenated alkanes) is 1. The van der Waals surface area contributed by atoms with Gasteiger partial charge in [-0.25, -0.2) is 0 Å². The van der Waals surface area contributed by atoms with Crippen LogP contribution in [-0.4, -0.2) is 32.1 Å². The molecule has 0 saturated heterocycles. The Morgan fingerprint density at radius 2 is 2.23 bits per heavy atom. The van der Waals surface area contributed by atoms with Crippen LogP contribution in [0.4, 0.5) is 5.69 Å². The lowest BCUT2D eigenvalue weighted by Gasteiger charge is -2.23. The number of fused-ring (bicyclic) bond motifs is 3. The Kier molecular flexibility index (Phi) is 4.52. The van der Waals surface area contributed by atoms with Gasteiger partial charge in [0.1, 0.15) is 10.6 Å². The molecule has 0 atom stereocenters. The van der Waals surface area contributed by atoms with Crippen LogP contribution in [0.15, 0.2) is 18.2 Å². The summed E-state index contributed by atoms with van der Waals surface area (Å²) < 4.78 is 6.78. The molecule has 4 nitrogen and oxygen atoms in total. The first-order valence-electron chi connectivity index (χ1n) is 7.97. The lowest BCUT2D eigenvalue weighted by molar-refractivity contribution is 0.0962. The first kappa shape index (κ1) is 15.2. The Balaban J connectivity index is 2.11. The Bertz CT molecular complexity index is 681. The molecule has 0 unspecified atom stereocenters. The molecule has 1 aliphatic rings. The van der Waals surface area contributed by atoms with Crippen LogP contribution in [-0.2, 0) is 0 Å². The van der Waals surface area contributed by atoms with Crippen LogP contribution in [0.5, 0.6) is 5.75 Å². The summed E-state index contributed by atoms with van der Waals surface area (Å²) in [5.74, 6) is 0.920. The summed E-state index contributed by atoms with van der Waals surface area (Å²) in [4.78, 5) is 15.5. The van der Waals surface area contributed by atoms with Crippen molar-refractivity contribution in [1.82, 2.24) is 5.32 Å². The molecule has 1 amide bonds. The number of amides is 1. The summed E-state index contributed by atoms with van der Waals surface area (Å²) >= 11 is 1.58. The molecule has 0 bridgehead atoms. The van der Waals surface area contributed by atoms with Gasteiger partial charge in [0.05, 0.1) is 12.3 Å². The molecule has 0 saturated carbocycles. The van der Waals surface area contributed by atoms with E-state index in [1.54, 1.807) is 11.3 Å². The second-order valence-electron chi connectivity index (χ2n) is 5.47. The molecule has 1 N–H and O–H groups in total. The van der Waals surface area contributed by atoms with Gasteiger partial charge in [0.2, 0.25) is 0 Å². The van der Waals surface area contributed by atoms with Crippen molar-refractivity contribution in [1.29, 1.82) is 0 Å². The van der Waals surface area contributed by atoms with Gasteiger partial charge >= 0.3 is 0 Å². The smallest absolute Gasteiger partial charge is 0.263 e. The van der Waals surface area contributed by atoms with Crippen LogP contribution in [0.25, 0.3) is 10.1 Å². The van der Waals surface area contributed by atoms with Crippen molar-refractivity contribution in [3.05, 3.63) is 23.1 Å². The first-order chi connectivity index (χ1) is 10.7. The molecule has 3 rings (SSSR count). The number of thiophene rings is 1. The van der Waals surface area contributed by atoms with Crippen LogP contribution in [0.1, 0.15) is 36.4 Å². The van der Waals surface area contributed by atoms with Gasteiger partial charge in [0.15, 0.2) is 0 Å². The normalized spacial score (nSPS) is 14.6. The van der Waals surface area contributed by atoms with Gasteiger partial charge in [-0.1, -0.05) is 13.3 Å². The van der Waals surface area contributed by atoms with Crippen LogP contribution in [0.2, 0.25) is 0 Å². The summed E-state index contributed by atoms with van der Waals surface area (Å²) in [7, 11) is 0. The van der Waals surface area contributed by atoms with E-state index in [2.05, 4.69) is 29.3 Å². The highest BCUT2D eigenvalue weighted by atomic mass is 32.1. The molecule has 1 aliphatic heterocycles. The minimum atomic E-state index is 0.0492. The van der Waals surface area contributed by atoms with Crippen molar-refractivity contribution in [2.24, 2.45) is 0 Å². The standard InChI is InChI=1S/C17H22N2O2S/c1-3-5-9-19-10-8-18-17(20)16-15(19)13-11-12(21-4-2)6-7-14(13)22-16/h6-7,11H,3-5,8-10H2,1-2H3,(H,18,20). The third-order valence-electron chi connectivity index (χ3n) is 3.92. The molecule has 5 heteroatoms. The molecule has 0 spiro atoms. The van der Waals surface area contributed by atoms with E-state index in [1.807, 2.05) is 13.0 Å². The van der Waals surface area contributed by atoms with Crippen molar-refractivity contribution in [3.8, 4) is 5.75 Å². The number of hydrogen-bond acceptors (Lipinski definition) is 4. The van der Waals surface area contributed by atoms with Gasteiger partial charge in [0.25, 0.3) is 5.91 Å². The maximum Gasteiger partial charge on any atom is 0.263 e. The van der Waals surface area contributed by atoms with Crippen LogP contribution < -0.4 is 15.0 Å². The number of benzene rings is 1. The lowest BCUT2D eigenvalue weighted by Crippen LogP contribution is -2.30. The monoisotopic (exact) mass is 318 g/mol. The zero-order chi connectivity index (χ0) is 15.5. The third-order valence-corrected chi connectivity index (χ3v) is 5.07. The number of carbonyl (C=O) groups is 1. The summed E-state index contributed by atoms with van der Waals surface area (Å²) in [6.45, 7) is 7.39. The summed E-state index contributed by atoms with van der Waals surface area (Å²) in [6.07, 6.45) is 2.29. The number of nitrogens with one attached hydrogen (secondary N) is 1. The van der Waals surface area contributed by atoms with E-state index in [4.69, 9.17) is 4.74 Å². The van der Waals surface area contributed by atoms with E-state index in [1.165, 1.54) is 0 Å². The second-order valence-corrected chi connectivity index (χ2v) is 6.52. The van der Waals surface area contributed by atoms with Gasteiger partial charge in [-0.05, 0) is 31.5 Å². The number of anilines is 1. The molecule has 1 aromatic carbocycles. The highest BCUT2D eigenvalue weighted by molar-refractivity contribution is 7.21. The SMILES string of the molecule is CCCCN1CCNC(=O)c2sc3ccc(OCC)cc3c21. The minimum Gasteiger partial charge on any atom is -0.494 e. The van der Waals surface area contributed by atoms with Gasteiger partial charge < -0.3 is 15.0 Å². The average molecular weight is 318 g/mol. The predicted octanol–water partition coefficient (Wildman–Crippen LogP) is 3.65. The average Bonchev–Trinajstić information content (AvgIpc) is 2.82. The third kappa shape index (κ3) is 2.77. The molecule has 118 valence electrons. The zero-order valence-corrected chi connectivity index (χ0v) is 14.0. The summed E-state index contributed by atoms with van der Waals surface area (Å²) in [5, 5.41) is 4.14. The van der Waals surface area contributed by atoms with Crippen molar-refractivity contribution in [2.75, 3.05) is 31.1 Å². The van der Waals surface area contributed by atoms with Crippen LogP contribution >= 0.6 is 11.3 Å². The molecule has 1 aromatic heterocycles. The fraction of sp³-hybridized carbons (Fsp3) is 0.471. The van der Waals surface area contributed by atoms with E-state index in [-0.39, 0.29) is 5.91 Å². The fourth-order valence-corrected chi connectivity index (χ4v) is 3.98. The van der Waals surface area contributed by atoms with Crippen LogP contribution in [0.3, 0.4) is 0 Å². The van der Waals surface area contributed by atoms with Crippen molar-refractivity contribution in [2.45, 2.75) is 26.7 Å². The largest absolute Gasteiger partial charge is 0.494 e. The number of carbonyl (C=O) groups excluding carboxylic acids is 1. The van der Waals surface area contributed by atoms with E-state index in [9.17, 15) is 4.79 Å². The van der Waals surface area contributed by atoms with Crippen molar-refractivity contribution < 1.29 is 9.53 Å². The van der Waals surface area contributed by atoms with Gasteiger partial charge in [-0.2, -0.15) is 0 Å². The Morgan fingerprint density at radius 3 is 3.00 bits per heavy atom. The van der Waals surface area contributed by atoms with E-state index >= 15 is 0 Å². The van der Waals surface area contributed by atoms with E-state index in [0.29, 0.717) is 13.2 Å². The quantitative estimate of drug-likeness (QED) is 0.915. The Hall–Kier alpha value is -1.75. The van der Waals surface area contributed by atoms with E-state index < -0.39 is 0 Å². The lowest BCUT2D eigenvalue weighted by atomic mass is 10.1. The number of ether oxygens (including phenoxy) is 1. The highest BCUT2D eigenvalue weighted by Gasteiger charge is 2.25. The number of rotatable bonds is 5. The Labute approximate surface area is 135 Å². The fourth-order valence-electron chi connectivity index (χ4n) is 2.86. The minimum absolute atomic E-state index is 0.0492.